The van der Waals surface area contributed by atoms with E-state index in [1.807, 2.05) is 6.92 Å². The summed E-state index contributed by atoms with van der Waals surface area (Å²) < 4.78 is 1.80. The number of hydrogen-bond acceptors (Lipinski definition) is 3. The molecule has 0 saturated carbocycles. The van der Waals surface area contributed by atoms with E-state index < -0.39 is 0 Å². The van der Waals surface area contributed by atoms with Crippen LogP contribution in [-0.4, -0.2) is 20.4 Å². The molecular weight excluding hydrogens is 166 g/mol. The molecular formula is C9H9N3O. The zero-order chi connectivity index (χ0) is 9.42. The van der Waals surface area contributed by atoms with Crippen LogP contribution in [0.5, 0.6) is 0 Å². The van der Waals surface area contributed by atoms with E-state index in [9.17, 15) is 4.79 Å². The highest BCUT2D eigenvalue weighted by Crippen LogP contribution is 2.06. The highest BCUT2D eigenvalue weighted by Gasteiger charge is 2.03. The Balaban J connectivity index is 2.72. The molecule has 0 unspecified atom stereocenters. The minimum atomic E-state index is 0.0509. The second-order valence-electron chi connectivity index (χ2n) is 2.95. The second-order valence-corrected chi connectivity index (χ2v) is 2.95. The third-order valence-corrected chi connectivity index (χ3v) is 1.98. The van der Waals surface area contributed by atoms with Crippen molar-refractivity contribution in [2.24, 2.45) is 0 Å². The average Bonchev–Trinajstić information content (AvgIpc) is 2.47. The third kappa shape index (κ3) is 1.20. The molecule has 4 nitrogen and oxygen atoms in total. The molecule has 0 aromatic carbocycles. The predicted molar refractivity (Wildman–Crippen MR) is 47.7 cm³/mol. The van der Waals surface area contributed by atoms with Gasteiger partial charge in [-0.2, -0.15) is 0 Å². The Morgan fingerprint density at radius 3 is 2.85 bits per heavy atom. The van der Waals surface area contributed by atoms with Gasteiger partial charge in [0, 0.05) is 11.8 Å². The molecule has 0 radical (unpaired) electrons. The van der Waals surface area contributed by atoms with Crippen molar-refractivity contribution in [1.82, 2.24) is 14.6 Å². The molecule has 66 valence electrons. The predicted octanol–water partition coefficient (Wildman–Crippen LogP) is 1.24. The molecule has 0 fully saturated rings. The first-order valence-corrected chi connectivity index (χ1v) is 4.01. The number of Topliss-reactive ketones (excluding diaryl/α,β-unsaturated/α-hetero) is 1. The Bertz CT molecular complexity index is 473. The maximum atomic E-state index is 11.1. The fourth-order valence-corrected chi connectivity index (χ4v) is 1.21. The SMILES string of the molecule is CC(=O)c1ccc2nnc(C)n2c1. The Morgan fingerprint density at radius 1 is 1.38 bits per heavy atom. The first-order valence-electron chi connectivity index (χ1n) is 4.01. The zero-order valence-electron chi connectivity index (χ0n) is 7.48. The minimum Gasteiger partial charge on any atom is -0.294 e. The summed E-state index contributed by atoms with van der Waals surface area (Å²) in [5.74, 6) is 0.841. The maximum absolute atomic E-state index is 11.1. The van der Waals surface area contributed by atoms with Gasteiger partial charge in [0.2, 0.25) is 0 Å². The van der Waals surface area contributed by atoms with Crippen molar-refractivity contribution in [2.45, 2.75) is 13.8 Å². The fourth-order valence-electron chi connectivity index (χ4n) is 1.21. The van der Waals surface area contributed by atoms with Gasteiger partial charge >= 0.3 is 0 Å². The van der Waals surface area contributed by atoms with Gasteiger partial charge in [-0.15, -0.1) is 10.2 Å². The quantitative estimate of drug-likeness (QED) is 0.612. The molecule has 0 atom stereocenters. The molecule has 0 aliphatic heterocycles. The summed E-state index contributed by atoms with van der Waals surface area (Å²) in [6, 6.07) is 3.54. The summed E-state index contributed by atoms with van der Waals surface area (Å²) in [5.41, 5.74) is 1.44. The first kappa shape index (κ1) is 7.91. The average molecular weight is 175 g/mol. The minimum absolute atomic E-state index is 0.0509. The number of rotatable bonds is 1. The van der Waals surface area contributed by atoms with Crippen molar-refractivity contribution in [2.75, 3.05) is 0 Å². The summed E-state index contributed by atoms with van der Waals surface area (Å²) in [7, 11) is 0. The number of aryl methyl sites for hydroxylation is 1. The first-order chi connectivity index (χ1) is 6.18. The van der Waals surface area contributed by atoms with Gasteiger partial charge in [0.05, 0.1) is 0 Å². The standard InChI is InChI=1S/C9H9N3O/c1-6(13)8-3-4-9-11-10-7(2)12(9)5-8/h3-5H,1-2H3. The van der Waals surface area contributed by atoms with Gasteiger partial charge in [0.15, 0.2) is 11.4 Å². The van der Waals surface area contributed by atoms with Gasteiger partial charge in [-0.3, -0.25) is 9.20 Å². The van der Waals surface area contributed by atoms with Gasteiger partial charge in [-0.25, -0.2) is 0 Å². The van der Waals surface area contributed by atoms with E-state index in [0.29, 0.717) is 5.56 Å². The van der Waals surface area contributed by atoms with E-state index in [2.05, 4.69) is 10.2 Å². The molecule has 13 heavy (non-hydrogen) atoms. The van der Waals surface area contributed by atoms with Crippen LogP contribution in [0.15, 0.2) is 18.3 Å². The lowest BCUT2D eigenvalue weighted by Crippen LogP contribution is -1.96. The molecule has 2 aromatic heterocycles. The van der Waals surface area contributed by atoms with Gasteiger partial charge in [0.25, 0.3) is 0 Å². The van der Waals surface area contributed by atoms with Crippen LogP contribution >= 0.6 is 0 Å². The number of ketones is 1. The van der Waals surface area contributed by atoms with Crippen LogP contribution in [0.2, 0.25) is 0 Å². The summed E-state index contributed by atoms with van der Waals surface area (Å²) in [5, 5.41) is 7.82. The molecule has 0 N–H and O–H groups in total. The van der Waals surface area contributed by atoms with E-state index in [1.54, 1.807) is 29.7 Å². The van der Waals surface area contributed by atoms with Crippen LogP contribution in [0.3, 0.4) is 0 Å². The molecule has 0 aliphatic rings. The molecule has 0 saturated heterocycles. The van der Waals surface area contributed by atoms with Crippen molar-refractivity contribution in [3.8, 4) is 0 Å². The fraction of sp³-hybridized carbons (Fsp3) is 0.222. The summed E-state index contributed by atoms with van der Waals surface area (Å²) in [6.07, 6.45) is 1.76. The topological polar surface area (TPSA) is 47.3 Å². The maximum Gasteiger partial charge on any atom is 0.161 e. The van der Waals surface area contributed by atoms with Crippen molar-refractivity contribution in [1.29, 1.82) is 0 Å². The molecule has 0 spiro atoms. The van der Waals surface area contributed by atoms with Crippen molar-refractivity contribution < 1.29 is 4.79 Å². The summed E-state index contributed by atoms with van der Waals surface area (Å²) >= 11 is 0. The Labute approximate surface area is 75.2 Å². The summed E-state index contributed by atoms with van der Waals surface area (Å²) in [4.78, 5) is 11.1. The zero-order valence-corrected chi connectivity index (χ0v) is 7.48. The van der Waals surface area contributed by atoms with Gasteiger partial charge in [-0.05, 0) is 26.0 Å². The number of fused-ring (bicyclic) bond motifs is 1. The number of carbonyl (C=O) groups excluding carboxylic acids is 1. The van der Waals surface area contributed by atoms with Crippen molar-refractivity contribution in [3.63, 3.8) is 0 Å². The summed E-state index contributed by atoms with van der Waals surface area (Å²) in [6.45, 7) is 3.39. The molecule has 2 aromatic rings. The van der Waals surface area contributed by atoms with Crippen LogP contribution in [-0.2, 0) is 0 Å². The Hall–Kier alpha value is -1.71. The smallest absolute Gasteiger partial charge is 0.161 e. The lowest BCUT2D eigenvalue weighted by Gasteiger charge is -1.97. The molecule has 0 amide bonds. The highest BCUT2D eigenvalue weighted by atomic mass is 16.1. The Kier molecular flexibility index (Phi) is 1.62. The molecule has 0 bridgehead atoms. The highest BCUT2D eigenvalue weighted by molar-refractivity contribution is 5.94. The molecule has 2 rings (SSSR count). The monoisotopic (exact) mass is 175 g/mol. The van der Waals surface area contributed by atoms with Crippen molar-refractivity contribution >= 4 is 11.4 Å². The van der Waals surface area contributed by atoms with Gasteiger partial charge in [0.1, 0.15) is 5.82 Å². The van der Waals surface area contributed by atoms with E-state index >= 15 is 0 Å². The van der Waals surface area contributed by atoms with Crippen molar-refractivity contribution in [3.05, 3.63) is 29.7 Å². The van der Waals surface area contributed by atoms with E-state index in [-0.39, 0.29) is 5.78 Å². The van der Waals surface area contributed by atoms with Crippen LogP contribution in [0.4, 0.5) is 0 Å². The molecule has 0 aliphatic carbocycles. The van der Waals surface area contributed by atoms with Crippen LogP contribution in [0.1, 0.15) is 23.1 Å². The van der Waals surface area contributed by atoms with E-state index in [0.717, 1.165) is 11.5 Å². The van der Waals surface area contributed by atoms with Crippen LogP contribution in [0, 0.1) is 6.92 Å². The number of nitrogens with zero attached hydrogens (tertiary/aromatic N) is 3. The van der Waals surface area contributed by atoms with E-state index in [1.165, 1.54) is 0 Å². The molecule has 4 heteroatoms. The number of pyridine rings is 1. The van der Waals surface area contributed by atoms with Gasteiger partial charge < -0.3 is 0 Å². The van der Waals surface area contributed by atoms with Crippen LogP contribution < -0.4 is 0 Å². The second kappa shape index (κ2) is 2.65. The largest absolute Gasteiger partial charge is 0.294 e. The van der Waals surface area contributed by atoms with E-state index in [4.69, 9.17) is 0 Å². The van der Waals surface area contributed by atoms with Crippen LogP contribution in [0.25, 0.3) is 5.65 Å². The number of hydrogen-bond donors (Lipinski definition) is 0. The lowest BCUT2D eigenvalue weighted by atomic mass is 10.2. The lowest BCUT2D eigenvalue weighted by molar-refractivity contribution is 0.101. The molecule has 2 heterocycles. The Morgan fingerprint density at radius 2 is 2.15 bits per heavy atom. The number of aromatic nitrogens is 3. The van der Waals surface area contributed by atoms with Gasteiger partial charge in [-0.1, -0.05) is 0 Å². The number of carbonyl (C=O) groups is 1. The normalized spacial score (nSPS) is 10.6. The third-order valence-electron chi connectivity index (χ3n) is 1.98.